The molecule has 2 aromatic carbocycles. The molecular weight excluding hydrogens is 578 g/mol. The number of halogens is 6. The van der Waals surface area contributed by atoms with Crippen LogP contribution in [0.15, 0.2) is 30.3 Å². The van der Waals surface area contributed by atoms with Gasteiger partial charge in [-0.1, -0.05) is 11.2 Å². The first-order valence-electron chi connectivity index (χ1n) is 13.9. The summed E-state index contributed by atoms with van der Waals surface area (Å²) in [5.41, 5.74) is -0.324. The van der Waals surface area contributed by atoms with Gasteiger partial charge in [0.1, 0.15) is 5.60 Å². The Bertz CT molecular complexity index is 1480. The van der Waals surface area contributed by atoms with Gasteiger partial charge >= 0.3 is 18.4 Å². The second-order valence-corrected chi connectivity index (χ2v) is 11.9. The van der Waals surface area contributed by atoms with Gasteiger partial charge in [-0.05, 0) is 105 Å². The molecule has 2 aliphatic rings. The summed E-state index contributed by atoms with van der Waals surface area (Å²) in [5, 5.41) is 12.2. The second-order valence-electron chi connectivity index (χ2n) is 11.9. The van der Waals surface area contributed by atoms with Crippen LogP contribution in [-0.4, -0.2) is 38.4 Å². The lowest BCUT2D eigenvalue weighted by atomic mass is 9.95. The first kappa shape index (κ1) is 30.6. The lowest BCUT2D eigenvalue weighted by molar-refractivity contribution is -0.143. The van der Waals surface area contributed by atoms with Gasteiger partial charge in [0.15, 0.2) is 0 Å². The summed E-state index contributed by atoms with van der Waals surface area (Å²) >= 11 is 0. The number of fused-ring (bicyclic) bond motifs is 2. The molecule has 0 radical (unpaired) electrons. The number of benzene rings is 2. The Balaban J connectivity index is 1.64. The van der Waals surface area contributed by atoms with Crippen molar-refractivity contribution in [1.82, 2.24) is 20.2 Å². The van der Waals surface area contributed by atoms with Crippen LogP contribution >= 0.6 is 0 Å². The number of aromatic nitrogens is 4. The summed E-state index contributed by atoms with van der Waals surface area (Å²) in [6.07, 6.45) is -7.07. The maximum absolute atomic E-state index is 13.7. The van der Waals surface area contributed by atoms with Crippen molar-refractivity contribution in [3.05, 3.63) is 63.7 Å². The van der Waals surface area contributed by atoms with Crippen molar-refractivity contribution in [2.45, 2.75) is 83.4 Å². The third-order valence-corrected chi connectivity index (χ3v) is 7.50. The molecule has 0 bridgehead atoms. The van der Waals surface area contributed by atoms with E-state index in [9.17, 15) is 31.1 Å². The van der Waals surface area contributed by atoms with Crippen LogP contribution in [0.4, 0.5) is 42.8 Å². The van der Waals surface area contributed by atoms with Gasteiger partial charge in [-0.15, -0.1) is 5.10 Å². The molecular formula is C29H32F6N6O2. The molecule has 8 nitrogen and oxygen atoms in total. The number of ether oxygens (including phenoxy) is 1. The molecule has 5 rings (SSSR count). The van der Waals surface area contributed by atoms with E-state index in [1.807, 2.05) is 12.1 Å². The van der Waals surface area contributed by atoms with Crippen LogP contribution in [0, 0.1) is 0 Å². The summed E-state index contributed by atoms with van der Waals surface area (Å²) < 4.78 is 87.9. The highest BCUT2D eigenvalue weighted by Gasteiger charge is 2.39. The van der Waals surface area contributed by atoms with Crippen molar-refractivity contribution in [3.8, 4) is 0 Å². The molecule has 1 amide bonds. The quantitative estimate of drug-likeness (QED) is 0.296. The summed E-state index contributed by atoms with van der Waals surface area (Å²) in [7, 11) is 1.51. The topological polar surface area (TPSA) is 76.4 Å². The summed E-state index contributed by atoms with van der Waals surface area (Å²) in [5.74, 6) is 0.0376. The van der Waals surface area contributed by atoms with Gasteiger partial charge < -0.3 is 9.64 Å². The van der Waals surface area contributed by atoms with E-state index in [1.54, 1.807) is 30.6 Å². The number of hydrogen-bond donors (Lipinski definition) is 0. The van der Waals surface area contributed by atoms with Gasteiger partial charge in [0.05, 0.1) is 29.9 Å². The van der Waals surface area contributed by atoms with Crippen LogP contribution in [-0.2, 0) is 43.5 Å². The average Bonchev–Trinajstić information content (AvgIpc) is 3.48. The third-order valence-electron chi connectivity index (χ3n) is 7.50. The zero-order valence-electron chi connectivity index (χ0n) is 24.2. The molecule has 14 heteroatoms. The van der Waals surface area contributed by atoms with E-state index in [-0.39, 0.29) is 24.1 Å². The van der Waals surface area contributed by atoms with E-state index < -0.39 is 41.2 Å². The predicted molar refractivity (Wildman–Crippen MR) is 145 cm³/mol. The van der Waals surface area contributed by atoms with E-state index in [1.165, 1.54) is 11.8 Å². The molecule has 1 aliphatic heterocycles. The Morgan fingerprint density at radius 1 is 0.953 bits per heavy atom. The minimum Gasteiger partial charge on any atom is -0.443 e. The van der Waals surface area contributed by atoms with E-state index in [0.717, 1.165) is 30.4 Å². The Labute approximate surface area is 244 Å². The molecule has 43 heavy (non-hydrogen) atoms. The molecule has 1 aromatic heterocycles. The predicted octanol–water partition coefficient (Wildman–Crippen LogP) is 7.02. The lowest BCUT2D eigenvalue weighted by Gasteiger charge is -2.33. The number of anilines is 2. The number of alkyl halides is 6. The highest BCUT2D eigenvalue weighted by Crippen LogP contribution is 2.43. The standard InChI is InChI=1S/C29H32F6N6O2/c1-27(2,3)43-26(42)40-10-6-9-23(22-13-18-7-5-8-19(18)14-24(22)40)41(25-36-38-39(4)37-25)16-17-11-20(28(30,31)32)15-21(12-17)29(33,34)35/h11-15,23H,5-10,16H2,1-4H3/t23-/m0/s1. The van der Waals surface area contributed by atoms with Crippen molar-refractivity contribution in [2.75, 3.05) is 16.3 Å². The minimum absolute atomic E-state index is 0.0376. The van der Waals surface area contributed by atoms with Gasteiger partial charge in [0.2, 0.25) is 0 Å². The fourth-order valence-electron chi connectivity index (χ4n) is 5.70. The highest BCUT2D eigenvalue weighted by molar-refractivity contribution is 5.90. The van der Waals surface area contributed by atoms with Gasteiger partial charge in [0.25, 0.3) is 5.95 Å². The third kappa shape index (κ3) is 6.72. The van der Waals surface area contributed by atoms with Gasteiger partial charge in [-0.25, -0.2) is 4.79 Å². The van der Waals surface area contributed by atoms with Crippen molar-refractivity contribution in [2.24, 2.45) is 7.05 Å². The number of tetrazole rings is 1. The fraction of sp³-hybridized carbons (Fsp3) is 0.517. The summed E-state index contributed by atoms with van der Waals surface area (Å²) in [6.45, 7) is 5.23. The largest absolute Gasteiger partial charge is 0.443 e. The first-order chi connectivity index (χ1) is 20.0. The Kier molecular flexibility index (Phi) is 7.84. The zero-order valence-corrected chi connectivity index (χ0v) is 24.2. The van der Waals surface area contributed by atoms with E-state index in [2.05, 4.69) is 15.4 Å². The average molecular weight is 611 g/mol. The van der Waals surface area contributed by atoms with Crippen molar-refractivity contribution >= 4 is 17.7 Å². The van der Waals surface area contributed by atoms with Crippen LogP contribution in [0.1, 0.15) is 79.5 Å². The molecule has 0 N–H and O–H groups in total. The number of rotatable bonds is 4. The normalized spacial score (nSPS) is 17.3. The van der Waals surface area contributed by atoms with Crippen LogP contribution in [0.25, 0.3) is 0 Å². The molecule has 0 fully saturated rings. The molecule has 0 unspecified atom stereocenters. The summed E-state index contributed by atoms with van der Waals surface area (Å²) in [6, 6.07) is 4.88. The number of carbonyl (C=O) groups excluding carboxylic acids is 1. The Hall–Kier alpha value is -3.84. The van der Waals surface area contributed by atoms with Gasteiger partial charge in [-0.3, -0.25) is 4.90 Å². The van der Waals surface area contributed by atoms with Gasteiger partial charge in [-0.2, -0.15) is 31.1 Å². The molecule has 232 valence electrons. The van der Waals surface area contributed by atoms with Crippen molar-refractivity contribution in [1.29, 1.82) is 0 Å². The molecule has 0 saturated heterocycles. The SMILES string of the molecule is Cn1nnc(N(Cc2cc(C(F)(F)F)cc(C(F)(F)F)c2)[C@H]2CCCN(C(=O)OC(C)(C)C)c3cc4c(cc32)CCC4)n1. The Morgan fingerprint density at radius 2 is 1.58 bits per heavy atom. The molecule has 1 aliphatic carbocycles. The first-order valence-corrected chi connectivity index (χ1v) is 13.9. The fourth-order valence-corrected chi connectivity index (χ4v) is 5.70. The maximum atomic E-state index is 13.7. The van der Waals surface area contributed by atoms with Crippen molar-refractivity contribution < 1.29 is 35.9 Å². The highest BCUT2D eigenvalue weighted by atomic mass is 19.4. The van der Waals surface area contributed by atoms with Crippen molar-refractivity contribution in [3.63, 3.8) is 0 Å². The Morgan fingerprint density at radius 3 is 2.14 bits per heavy atom. The van der Waals surface area contributed by atoms with E-state index in [4.69, 9.17) is 4.74 Å². The molecule has 2 heterocycles. The summed E-state index contributed by atoms with van der Waals surface area (Å²) in [4.78, 5) is 17.7. The number of carbonyl (C=O) groups is 1. The van der Waals surface area contributed by atoms with E-state index >= 15 is 0 Å². The lowest BCUT2D eigenvalue weighted by Crippen LogP contribution is -2.37. The smallest absolute Gasteiger partial charge is 0.416 e. The van der Waals surface area contributed by atoms with Crippen LogP contribution in [0.2, 0.25) is 0 Å². The number of aryl methyl sites for hydroxylation is 3. The molecule has 3 aromatic rings. The molecule has 0 saturated carbocycles. The zero-order chi connectivity index (χ0) is 31.3. The minimum atomic E-state index is -4.99. The van der Waals surface area contributed by atoms with Crippen LogP contribution in [0.5, 0.6) is 0 Å². The maximum Gasteiger partial charge on any atom is 0.416 e. The van der Waals surface area contributed by atoms with E-state index in [0.29, 0.717) is 42.8 Å². The second kappa shape index (κ2) is 11.0. The van der Waals surface area contributed by atoms with Crippen LogP contribution in [0.3, 0.4) is 0 Å². The molecule has 0 spiro atoms. The number of nitrogens with zero attached hydrogens (tertiary/aromatic N) is 6. The van der Waals surface area contributed by atoms with Gasteiger partial charge in [0, 0.05) is 13.1 Å². The van der Waals surface area contributed by atoms with Crippen LogP contribution < -0.4 is 9.80 Å². The monoisotopic (exact) mass is 610 g/mol. The number of hydrogen-bond acceptors (Lipinski definition) is 6. The number of amides is 1. The molecule has 1 atom stereocenters.